The maximum absolute atomic E-state index is 11.1. The van der Waals surface area contributed by atoms with Crippen molar-refractivity contribution in [1.82, 2.24) is 5.32 Å². The first kappa shape index (κ1) is 13.5. The second kappa shape index (κ2) is 7.66. The smallest absolute Gasteiger partial charge is 0.307 e. The highest BCUT2D eigenvalue weighted by atomic mass is 16.5. The number of hydrogen-bond acceptors (Lipinski definition) is 3. The Labute approximate surface area is 98.9 Å². The van der Waals surface area contributed by atoms with Gasteiger partial charge in [0.2, 0.25) is 0 Å². The molecule has 0 aromatic heterocycles. The largest absolute Gasteiger partial charge is 0.466 e. The molecule has 0 amide bonds. The molecule has 0 saturated heterocycles. The van der Waals surface area contributed by atoms with Gasteiger partial charge in [-0.1, -0.05) is 19.3 Å². The van der Waals surface area contributed by atoms with E-state index in [0.717, 1.165) is 12.5 Å². The lowest BCUT2D eigenvalue weighted by atomic mass is 9.84. The van der Waals surface area contributed by atoms with Crippen molar-refractivity contribution >= 4 is 5.97 Å². The van der Waals surface area contributed by atoms with E-state index in [0.29, 0.717) is 19.1 Å². The number of carbonyl (C=O) groups excluding carboxylic acids is 1. The van der Waals surface area contributed by atoms with Crippen molar-refractivity contribution in [2.24, 2.45) is 5.92 Å². The van der Waals surface area contributed by atoms with E-state index in [-0.39, 0.29) is 5.97 Å². The minimum absolute atomic E-state index is 0.0918. The van der Waals surface area contributed by atoms with E-state index in [4.69, 9.17) is 4.74 Å². The van der Waals surface area contributed by atoms with Crippen LogP contribution >= 0.6 is 0 Å². The van der Waals surface area contributed by atoms with Gasteiger partial charge in [-0.2, -0.15) is 0 Å². The maximum atomic E-state index is 11.1. The first-order valence-corrected chi connectivity index (χ1v) is 6.63. The second-order valence-electron chi connectivity index (χ2n) is 4.70. The van der Waals surface area contributed by atoms with Crippen LogP contribution in [0.5, 0.6) is 0 Å². The summed E-state index contributed by atoms with van der Waals surface area (Å²) in [7, 11) is 0. The van der Waals surface area contributed by atoms with Crippen LogP contribution in [0, 0.1) is 5.92 Å². The molecule has 0 aromatic rings. The highest BCUT2D eigenvalue weighted by Crippen LogP contribution is 2.26. The van der Waals surface area contributed by atoms with Crippen LogP contribution in [0.4, 0.5) is 0 Å². The summed E-state index contributed by atoms with van der Waals surface area (Å²) in [4.78, 5) is 11.1. The number of rotatable bonds is 6. The zero-order valence-electron chi connectivity index (χ0n) is 10.6. The van der Waals surface area contributed by atoms with Crippen LogP contribution in [0.15, 0.2) is 0 Å². The Hall–Kier alpha value is -0.570. The van der Waals surface area contributed by atoms with Crippen LogP contribution in [0.3, 0.4) is 0 Å². The zero-order chi connectivity index (χ0) is 11.8. The SMILES string of the molecule is CCOC(=O)CCN[C@@H](C)C1CCCCC1. The molecule has 1 aliphatic carbocycles. The molecule has 1 saturated carbocycles. The Balaban J connectivity index is 2.09. The summed E-state index contributed by atoms with van der Waals surface area (Å²) in [6.45, 7) is 5.31. The van der Waals surface area contributed by atoms with E-state index in [1.807, 2.05) is 6.92 Å². The van der Waals surface area contributed by atoms with Crippen LogP contribution in [-0.4, -0.2) is 25.2 Å². The van der Waals surface area contributed by atoms with Crippen LogP contribution < -0.4 is 5.32 Å². The molecule has 1 atom stereocenters. The Bertz CT molecular complexity index is 200. The van der Waals surface area contributed by atoms with Gasteiger partial charge in [-0.15, -0.1) is 0 Å². The van der Waals surface area contributed by atoms with Gasteiger partial charge < -0.3 is 10.1 Å². The van der Waals surface area contributed by atoms with Gasteiger partial charge in [-0.25, -0.2) is 0 Å². The number of ether oxygens (including phenoxy) is 1. The van der Waals surface area contributed by atoms with E-state index < -0.39 is 0 Å². The number of esters is 1. The van der Waals surface area contributed by atoms with Crippen molar-refractivity contribution < 1.29 is 9.53 Å². The van der Waals surface area contributed by atoms with Crippen LogP contribution in [-0.2, 0) is 9.53 Å². The number of nitrogens with one attached hydrogen (secondary N) is 1. The molecule has 1 aliphatic rings. The molecule has 16 heavy (non-hydrogen) atoms. The average Bonchev–Trinajstić information content (AvgIpc) is 2.30. The summed E-state index contributed by atoms with van der Waals surface area (Å²) in [5.41, 5.74) is 0. The third-order valence-corrected chi connectivity index (χ3v) is 3.46. The van der Waals surface area contributed by atoms with E-state index >= 15 is 0 Å². The molecule has 0 radical (unpaired) electrons. The molecule has 0 bridgehead atoms. The summed E-state index contributed by atoms with van der Waals surface area (Å²) in [6.07, 6.45) is 7.31. The zero-order valence-corrected chi connectivity index (χ0v) is 10.6. The molecule has 0 aliphatic heterocycles. The molecule has 3 nitrogen and oxygen atoms in total. The summed E-state index contributed by atoms with van der Waals surface area (Å²) < 4.78 is 4.89. The maximum Gasteiger partial charge on any atom is 0.307 e. The van der Waals surface area contributed by atoms with Crippen molar-refractivity contribution in [3.8, 4) is 0 Å². The minimum atomic E-state index is -0.0918. The van der Waals surface area contributed by atoms with Crippen molar-refractivity contribution in [3.63, 3.8) is 0 Å². The van der Waals surface area contributed by atoms with Crippen LogP contribution in [0.1, 0.15) is 52.4 Å². The monoisotopic (exact) mass is 227 g/mol. The standard InChI is InChI=1S/C13H25NO2/c1-3-16-13(15)9-10-14-11(2)12-7-5-4-6-8-12/h11-12,14H,3-10H2,1-2H3/t11-/m0/s1. The van der Waals surface area contributed by atoms with Crippen molar-refractivity contribution in [1.29, 1.82) is 0 Å². The molecule has 3 heteroatoms. The quantitative estimate of drug-likeness (QED) is 0.709. The Morgan fingerprint density at radius 1 is 1.38 bits per heavy atom. The molecular formula is C13H25NO2. The molecule has 0 aromatic carbocycles. The number of carbonyl (C=O) groups is 1. The summed E-state index contributed by atoms with van der Waals surface area (Å²) >= 11 is 0. The normalized spacial score (nSPS) is 19.4. The van der Waals surface area contributed by atoms with Gasteiger partial charge in [0, 0.05) is 12.6 Å². The highest BCUT2D eigenvalue weighted by molar-refractivity contribution is 5.69. The molecule has 1 rings (SSSR count). The van der Waals surface area contributed by atoms with Gasteiger partial charge >= 0.3 is 5.97 Å². The van der Waals surface area contributed by atoms with Gasteiger partial charge in [-0.05, 0) is 32.6 Å². The van der Waals surface area contributed by atoms with Gasteiger partial charge in [0.05, 0.1) is 13.0 Å². The van der Waals surface area contributed by atoms with Crippen LogP contribution in [0.2, 0.25) is 0 Å². The van der Waals surface area contributed by atoms with E-state index in [1.165, 1.54) is 32.1 Å². The van der Waals surface area contributed by atoms with E-state index in [2.05, 4.69) is 12.2 Å². The number of hydrogen-bond donors (Lipinski definition) is 1. The summed E-state index contributed by atoms with van der Waals surface area (Å²) in [5, 5.41) is 3.44. The lowest BCUT2D eigenvalue weighted by Gasteiger charge is -2.28. The average molecular weight is 227 g/mol. The summed E-state index contributed by atoms with van der Waals surface area (Å²) in [6, 6.07) is 0.537. The third-order valence-electron chi connectivity index (χ3n) is 3.46. The highest BCUT2D eigenvalue weighted by Gasteiger charge is 2.19. The molecular weight excluding hydrogens is 202 g/mol. The molecule has 0 heterocycles. The lowest BCUT2D eigenvalue weighted by Crippen LogP contribution is -2.36. The van der Waals surface area contributed by atoms with Gasteiger partial charge in [0.25, 0.3) is 0 Å². The van der Waals surface area contributed by atoms with Crippen molar-refractivity contribution in [2.75, 3.05) is 13.2 Å². The fraction of sp³-hybridized carbons (Fsp3) is 0.923. The Kier molecular flexibility index (Phi) is 6.46. The van der Waals surface area contributed by atoms with Gasteiger partial charge in [-0.3, -0.25) is 4.79 Å². The predicted octanol–water partition coefficient (Wildman–Crippen LogP) is 2.50. The fourth-order valence-electron chi connectivity index (χ4n) is 2.44. The van der Waals surface area contributed by atoms with Gasteiger partial charge in [0.15, 0.2) is 0 Å². The van der Waals surface area contributed by atoms with Gasteiger partial charge in [0.1, 0.15) is 0 Å². The predicted molar refractivity (Wildman–Crippen MR) is 65.3 cm³/mol. The van der Waals surface area contributed by atoms with E-state index in [1.54, 1.807) is 0 Å². The fourth-order valence-corrected chi connectivity index (χ4v) is 2.44. The Morgan fingerprint density at radius 2 is 2.06 bits per heavy atom. The molecule has 94 valence electrons. The first-order chi connectivity index (χ1) is 7.74. The Morgan fingerprint density at radius 3 is 2.69 bits per heavy atom. The molecule has 0 unspecified atom stereocenters. The van der Waals surface area contributed by atoms with E-state index in [9.17, 15) is 4.79 Å². The molecule has 1 N–H and O–H groups in total. The molecule has 0 spiro atoms. The second-order valence-corrected chi connectivity index (χ2v) is 4.70. The van der Waals surface area contributed by atoms with Crippen molar-refractivity contribution in [3.05, 3.63) is 0 Å². The van der Waals surface area contributed by atoms with Crippen molar-refractivity contribution in [2.45, 2.75) is 58.4 Å². The minimum Gasteiger partial charge on any atom is -0.466 e. The first-order valence-electron chi connectivity index (χ1n) is 6.63. The topological polar surface area (TPSA) is 38.3 Å². The molecule has 1 fully saturated rings. The lowest BCUT2D eigenvalue weighted by molar-refractivity contribution is -0.143. The third kappa shape index (κ3) is 4.97. The summed E-state index contributed by atoms with van der Waals surface area (Å²) in [5.74, 6) is 0.710. The van der Waals surface area contributed by atoms with Crippen LogP contribution in [0.25, 0.3) is 0 Å².